The van der Waals surface area contributed by atoms with Crippen molar-refractivity contribution >= 4 is 22.4 Å². The number of anilines is 1. The number of amides is 1. The molecule has 1 aromatic carbocycles. The van der Waals surface area contributed by atoms with Gasteiger partial charge >= 0.3 is 0 Å². The second-order valence-corrected chi connectivity index (χ2v) is 6.13. The summed E-state index contributed by atoms with van der Waals surface area (Å²) in [6.45, 7) is 4.64. The van der Waals surface area contributed by atoms with Gasteiger partial charge in [-0.05, 0) is 37.5 Å². The highest BCUT2D eigenvalue weighted by Crippen LogP contribution is 2.17. The van der Waals surface area contributed by atoms with Gasteiger partial charge in [-0.3, -0.25) is 4.79 Å². The molecule has 5 nitrogen and oxygen atoms in total. The van der Waals surface area contributed by atoms with Crippen LogP contribution in [0.1, 0.15) is 36.8 Å². The van der Waals surface area contributed by atoms with Crippen LogP contribution < -0.4 is 10.1 Å². The molecule has 2 rings (SSSR count). The Balaban J connectivity index is 1.67. The molecule has 0 saturated carbocycles. The minimum absolute atomic E-state index is 0.0490. The smallest absolute Gasteiger partial charge is 0.226 e. The van der Waals surface area contributed by atoms with E-state index in [1.807, 2.05) is 31.2 Å². The Morgan fingerprint density at radius 1 is 1.36 bits per heavy atom. The molecule has 0 saturated heterocycles. The van der Waals surface area contributed by atoms with Gasteiger partial charge in [-0.1, -0.05) is 30.4 Å². The molecule has 0 bridgehead atoms. The molecule has 0 aliphatic rings. The van der Waals surface area contributed by atoms with Crippen molar-refractivity contribution in [3.63, 3.8) is 0 Å². The van der Waals surface area contributed by atoms with E-state index in [2.05, 4.69) is 22.4 Å². The standard InChI is InChI=1S/C16H21N3O2S/c1-3-6-15-18-19-16(22-15)17-14(20)9-5-10-21-13-8-4-7-12(2)11-13/h4,7-8,11H,3,5-6,9-10H2,1-2H3,(H,17,19,20). The first-order valence-electron chi connectivity index (χ1n) is 7.49. The van der Waals surface area contributed by atoms with E-state index in [9.17, 15) is 4.79 Å². The van der Waals surface area contributed by atoms with Crippen LogP contribution >= 0.6 is 11.3 Å². The molecule has 6 heteroatoms. The van der Waals surface area contributed by atoms with Gasteiger partial charge in [0.05, 0.1) is 6.61 Å². The maximum atomic E-state index is 11.8. The van der Waals surface area contributed by atoms with Crippen LogP contribution in [0.4, 0.5) is 5.13 Å². The van der Waals surface area contributed by atoms with E-state index in [0.717, 1.165) is 29.2 Å². The number of hydrogen-bond acceptors (Lipinski definition) is 5. The van der Waals surface area contributed by atoms with Gasteiger partial charge in [0.2, 0.25) is 11.0 Å². The first-order valence-corrected chi connectivity index (χ1v) is 8.30. The molecule has 1 heterocycles. The van der Waals surface area contributed by atoms with Gasteiger partial charge < -0.3 is 10.1 Å². The van der Waals surface area contributed by atoms with E-state index in [4.69, 9.17) is 4.74 Å². The topological polar surface area (TPSA) is 64.1 Å². The Bertz CT molecular complexity index is 613. The zero-order valence-electron chi connectivity index (χ0n) is 13.0. The highest BCUT2D eigenvalue weighted by molar-refractivity contribution is 7.15. The van der Waals surface area contributed by atoms with Crippen LogP contribution in [0.25, 0.3) is 0 Å². The van der Waals surface area contributed by atoms with Crippen LogP contribution in [-0.4, -0.2) is 22.7 Å². The molecule has 0 radical (unpaired) electrons. The average molecular weight is 319 g/mol. The Labute approximate surface area is 134 Å². The third-order valence-corrected chi connectivity index (χ3v) is 3.88. The van der Waals surface area contributed by atoms with Crippen molar-refractivity contribution in [2.75, 3.05) is 11.9 Å². The third-order valence-electron chi connectivity index (χ3n) is 2.98. The summed E-state index contributed by atoms with van der Waals surface area (Å²) in [5, 5.41) is 12.3. The highest BCUT2D eigenvalue weighted by atomic mass is 32.1. The Hall–Kier alpha value is -1.95. The van der Waals surface area contributed by atoms with Gasteiger partial charge in [0.1, 0.15) is 10.8 Å². The van der Waals surface area contributed by atoms with Crippen LogP contribution in [-0.2, 0) is 11.2 Å². The number of hydrogen-bond donors (Lipinski definition) is 1. The highest BCUT2D eigenvalue weighted by Gasteiger charge is 2.07. The number of carbonyl (C=O) groups excluding carboxylic acids is 1. The van der Waals surface area contributed by atoms with Crippen molar-refractivity contribution in [1.29, 1.82) is 0 Å². The molecular weight excluding hydrogens is 298 g/mol. The summed E-state index contributed by atoms with van der Waals surface area (Å²) < 4.78 is 5.62. The van der Waals surface area contributed by atoms with Crippen LogP contribution in [0.2, 0.25) is 0 Å². The molecule has 0 unspecified atom stereocenters. The van der Waals surface area contributed by atoms with Gasteiger partial charge in [-0.15, -0.1) is 10.2 Å². The van der Waals surface area contributed by atoms with Crippen molar-refractivity contribution < 1.29 is 9.53 Å². The van der Waals surface area contributed by atoms with Gasteiger partial charge in [-0.2, -0.15) is 0 Å². The van der Waals surface area contributed by atoms with Crippen molar-refractivity contribution in [1.82, 2.24) is 10.2 Å². The fourth-order valence-corrected chi connectivity index (χ4v) is 2.79. The van der Waals surface area contributed by atoms with E-state index < -0.39 is 0 Å². The van der Waals surface area contributed by atoms with E-state index in [0.29, 0.717) is 24.6 Å². The summed E-state index contributed by atoms with van der Waals surface area (Å²) in [6, 6.07) is 7.88. The predicted molar refractivity (Wildman–Crippen MR) is 88.4 cm³/mol. The molecular formula is C16H21N3O2S. The number of nitrogens with one attached hydrogen (secondary N) is 1. The number of benzene rings is 1. The summed E-state index contributed by atoms with van der Waals surface area (Å²) in [6.07, 6.45) is 3.01. The van der Waals surface area contributed by atoms with E-state index >= 15 is 0 Å². The molecule has 1 aromatic heterocycles. The van der Waals surface area contributed by atoms with Crippen LogP contribution in [0.15, 0.2) is 24.3 Å². The fraction of sp³-hybridized carbons (Fsp3) is 0.438. The molecule has 0 aliphatic heterocycles. The second kappa shape index (κ2) is 8.48. The van der Waals surface area contributed by atoms with Crippen LogP contribution in [0.5, 0.6) is 5.75 Å². The number of aromatic nitrogens is 2. The molecule has 118 valence electrons. The molecule has 0 aliphatic carbocycles. The lowest BCUT2D eigenvalue weighted by molar-refractivity contribution is -0.116. The van der Waals surface area contributed by atoms with E-state index in [-0.39, 0.29) is 5.91 Å². The molecule has 22 heavy (non-hydrogen) atoms. The molecule has 1 amide bonds. The van der Waals surface area contributed by atoms with Gasteiger partial charge in [0.15, 0.2) is 0 Å². The van der Waals surface area contributed by atoms with Crippen molar-refractivity contribution in [2.24, 2.45) is 0 Å². The lowest BCUT2D eigenvalue weighted by Gasteiger charge is -2.06. The summed E-state index contributed by atoms with van der Waals surface area (Å²) in [5.74, 6) is 0.792. The summed E-state index contributed by atoms with van der Waals surface area (Å²) >= 11 is 1.44. The fourth-order valence-electron chi connectivity index (χ4n) is 1.93. The first-order chi connectivity index (χ1) is 10.7. The van der Waals surface area contributed by atoms with Crippen molar-refractivity contribution in [3.8, 4) is 5.75 Å². The van der Waals surface area contributed by atoms with Gasteiger partial charge in [0, 0.05) is 12.8 Å². The number of carbonyl (C=O) groups is 1. The molecule has 1 N–H and O–H groups in total. The Morgan fingerprint density at radius 3 is 3.00 bits per heavy atom. The number of aryl methyl sites for hydroxylation is 2. The average Bonchev–Trinajstić information content (AvgIpc) is 2.91. The number of rotatable bonds is 8. The lowest BCUT2D eigenvalue weighted by atomic mass is 10.2. The lowest BCUT2D eigenvalue weighted by Crippen LogP contribution is -2.12. The van der Waals surface area contributed by atoms with Crippen molar-refractivity contribution in [2.45, 2.75) is 39.5 Å². The largest absolute Gasteiger partial charge is 0.494 e. The van der Waals surface area contributed by atoms with E-state index in [1.165, 1.54) is 11.3 Å². The second-order valence-electron chi connectivity index (χ2n) is 5.07. The SMILES string of the molecule is CCCc1nnc(NC(=O)CCCOc2cccc(C)c2)s1. The summed E-state index contributed by atoms with van der Waals surface area (Å²) in [7, 11) is 0. The molecule has 0 spiro atoms. The molecule has 0 fully saturated rings. The monoisotopic (exact) mass is 319 g/mol. The normalized spacial score (nSPS) is 10.5. The number of nitrogens with zero attached hydrogens (tertiary/aromatic N) is 2. The Kier molecular flexibility index (Phi) is 6.33. The maximum Gasteiger partial charge on any atom is 0.226 e. The summed E-state index contributed by atoms with van der Waals surface area (Å²) in [4.78, 5) is 11.8. The van der Waals surface area contributed by atoms with Crippen LogP contribution in [0, 0.1) is 6.92 Å². The first kappa shape index (κ1) is 16.4. The summed E-state index contributed by atoms with van der Waals surface area (Å²) in [5.41, 5.74) is 1.16. The molecule has 0 atom stereocenters. The van der Waals surface area contributed by atoms with E-state index in [1.54, 1.807) is 0 Å². The van der Waals surface area contributed by atoms with Gasteiger partial charge in [-0.25, -0.2) is 0 Å². The third kappa shape index (κ3) is 5.44. The van der Waals surface area contributed by atoms with Gasteiger partial charge in [0.25, 0.3) is 0 Å². The minimum Gasteiger partial charge on any atom is -0.494 e. The zero-order valence-corrected chi connectivity index (χ0v) is 13.8. The maximum absolute atomic E-state index is 11.8. The minimum atomic E-state index is -0.0490. The number of ether oxygens (including phenoxy) is 1. The predicted octanol–water partition coefficient (Wildman–Crippen LogP) is 3.60. The Morgan fingerprint density at radius 2 is 2.23 bits per heavy atom. The molecule has 2 aromatic rings. The quantitative estimate of drug-likeness (QED) is 0.755. The van der Waals surface area contributed by atoms with Crippen molar-refractivity contribution in [3.05, 3.63) is 34.8 Å². The van der Waals surface area contributed by atoms with Crippen LogP contribution in [0.3, 0.4) is 0 Å². The zero-order chi connectivity index (χ0) is 15.8.